The minimum Gasteiger partial charge on any atom is -0.323 e. The van der Waals surface area contributed by atoms with Crippen molar-refractivity contribution in [1.82, 2.24) is 9.13 Å². The lowest BCUT2D eigenvalue weighted by atomic mass is 10.2. The van der Waals surface area contributed by atoms with Crippen LogP contribution < -0.4 is 16.6 Å². The zero-order valence-corrected chi connectivity index (χ0v) is 16.0. The molecule has 146 valence electrons. The van der Waals surface area contributed by atoms with Crippen molar-refractivity contribution in [3.63, 3.8) is 0 Å². The summed E-state index contributed by atoms with van der Waals surface area (Å²) >= 11 is 5.94. The number of hydrogen-bond donors (Lipinski definition) is 1. The lowest BCUT2D eigenvalue weighted by Crippen LogP contribution is -2.41. The summed E-state index contributed by atoms with van der Waals surface area (Å²) in [7, 11) is 0. The minimum absolute atomic E-state index is 0.0541. The van der Waals surface area contributed by atoms with Gasteiger partial charge in [0.2, 0.25) is 5.91 Å². The number of carbonyl (C=O) groups excluding carboxylic acids is 1. The summed E-state index contributed by atoms with van der Waals surface area (Å²) in [5, 5.41) is 2.99. The first-order chi connectivity index (χ1) is 13.4. The SMILES string of the molecule is CCCCn1c(=O)c2ccccc2n(CC(=O)Nc2ccc(F)cc2Cl)c1=O. The second-order valence-electron chi connectivity index (χ2n) is 6.37. The normalized spacial score (nSPS) is 11.0. The van der Waals surface area contributed by atoms with Crippen molar-refractivity contribution in [1.29, 1.82) is 0 Å². The van der Waals surface area contributed by atoms with E-state index in [4.69, 9.17) is 11.6 Å². The van der Waals surface area contributed by atoms with E-state index in [2.05, 4.69) is 5.32 Å². The summed E-state index contributed by atoms with van der Waals surface area (Å²) in [6.45, 7) is 1.94. The van der Waals surface area contributed by atoms with E-state index in [1.54, 1.807) is 24.3 Å². The second-order valence-corrected chi connectivity index (χ2v) is 6.78. The van der Waals surface area contributed by atoms with Crippen molar-refractivity contribution in [3.05, 3.63) is 74.1 Å². The minimum atomic E-state index is -0.544. The summed E-state index contributed by atoms with van der Waals surface area (Å²) in [6.07, 6.45) is 1.49. The number of benzene rings is 2. The van der Waals surface area contributed by atoms with E-state index in [9.17, 15) is 18.8 Å². The van der Waals surface area contributed by atoms with Gasteiger partial charge in [0.05, 0.1) is 21.6 Å². The van der Waals surface area contributed by atoms with E-state index in [-0.39, 0.29) is 29.4 Å². The number of aromatic nitrogens is 2. The molecule has 0 saturated heterocycles. The fourth-order valence-corrected chi connectivity index (χ4v) is 3.18. The Kier molecular flexibility index (Phi) is 5.94. The van der Waals surface area contributed by atoms with E-state index < -0.39 is 17.4 Å². The molecule has 1 aromatic heterocycles. The Hall–Kier alpha value is -2.93. The van der Waals surface area contributed by atoms with Gasteiger partial charge in [0.15, 0.2) is 0 Å². The molecule has 0 atom stereocenters. The highest BCUT2D eigenvalue weighted by Crippen LogP contribution is 2.22. The third-order valence-electron chi connectivity index (χ3n) is 4.37. The van der Waals surface area contributed by atoms with Crippen LogP contribution in [0.15, 0.2) is 52.1 Å². The molecule has 0 bridgehead atoms. The van der Waals surface area contributed by atoms with Gasteiger partial charge in [0.25, 0.3) is 5.56 Å². The number of nitrogens with one attached hydrogen (secondary N) is 1. The second kappa shape index (κ2) is 8.39. The highest BCUT2D eigenvalue weighted by Gasteiger charge is 2.15. The number of amides is 1. The number of fused-ring (bicyclic) bond motifs is 1. The largest absolute Gasteiger partial charge is 0.331 e. The zero-order chi connectivity index (χ0) is 20.3. The zero-order valence-electron chi connectivity index (χ0n) is 15.2. The van der Waals surface area contributed by atoms with Crippen molar-refractivity contribution in [2.45, 2.75) is 32.9 Å². The molecule has 0 fully saturated rings. The Morgan fingerprint density at radius 2 is 1.89 bits per heavy atom. The van der Waals surface area contributed by atoms with E-state index in [0.717, 1.165) is 17.1 Å². The van der Waals surface area contributed by atoms with E-state index in [1.165, 1.54) is 16.7 Å². The first-order valence-corrected chi connectivity index (χ1v) is 9.27. The van der Waals surface area contributed by atoms with Crippen molar-refractivity contribution in [2.75, 3.05) is 5.32 Å². The Morgan fingerprint density at radius 1 is 1.14 bits per heavy atom. The number of anilines is 1. The van der Waals surface area contributed by atoms with Crippen LogP contribution in [0.3, 0.4) is 0 Å². The summed E-state index contributed by atoms with van der Waals surface area (Å²) in [5.41, 5.74) is -0.292. The maximum atomic E-state index is 13.2. The summed E-state index contributed by atoms with van der Waals surface area (Å²) in [5.74, 6) is -1.03. The van der Waals surface area contributed by atoms with Crippen LogP contribution in [0.1, 0.15) is 19.8 Å². The fourth-order valence-electron chi connectivity index (χ4n) is 2.96. The summed E-state index contributed by atoms with van der Waals surface area (Å²) in [6, 6.07) is 10.3. The third-order valence-corrected chi connectivity index (χ3v) is 4.69. The van der Waals surface area contributed by atoms with E-state index in [1.807, 2.05) is 6.92 Å². The number of unbranched alkanes of at least 4 members (excludes halogenated alkanes) is 1. The van der Waals surface area contributed by atoms with Gasteiger partial charge in [-0.1, -0.05) is 37.1 Å². The smallest absolute Gasteiger partial charge is 0.323 e. The van der Waals surface area contributed by atoms with Crippen LogP contribution in [0.5, 0.6) is 0 Å². The van der Waals surface area contributed by atoms with Crippen molar-refractivity contribution in [3.8, 4) is 0 Å². The predicted molar refractivity (Wildman–Crippen MR) is 107 cm³/mol. The van der Waals surface area contributed by atoms with Crippen LogP contribution in [0.4, 0.5) is 10.1 Å². The van der Waals surface area contributed by atoms with Gasteiger partial charge in [0.1, 0.15) is 12.4 Å². The van der Waals surface area contributed by atoms with Gasteiger partial charge in [-0.15, -0.1) is 0 Å². The average molecular weight is 404 g/mol. The lowest BCUT2D eigenvalue weighted by Gasteiger charge is -2.14. The van der Waals surface area contributed by atoms with Gasteiger partial charge in [-0.25, -0.2) is 9.18 Å². The molecule has 0 aliphatic rings. The lowest BCUT2D eigenvalue weighted by molar-refractivity contribution is -0.116. The molecule has 28 heavy (non-hydrogen) atoms. The molecule has 6 nitrogen and oxygen atoms in total. The van der Waals surface area contributed by atoms with Crippen LogP contribution >= 0.6 is 11.6 Å². The molecular formula is C20H19ClFN3O3. The van der Waals surface area contributed by atoms with Gasteiger partial charge >= 0.3 is 5.69 Å². The fraction of sp³-hybridized carbons (Fsp3) is 0.250. The molecule has 3 aromatic rings. The van der Waals surface area contributed by atoms with Gasteiger partial charge in [-0.3, -0.25) is 18.7 Å². The predicted octanol–water partition coefficient (Wildman–Crippen LogP) is 3.39. The Bertz CT molecular complexity index is 1150. The van der Waals surface area contributed by atoms with Gasteiger partial charge < -0.3 is 5.32 Å². The van der Waals surface area contributed by atoms with Crippen LogP contribution in [-0.4, -0.2) is 15.0 Å². The molecular weight excluding hydrogens is 385 g/mol. The maximum Gasteiger partial charge on any atom is 0.331 e. The van der Waals surface area contributed by atoms with Crippen molar-refractivity contribution in [2.24, 2.45) is 0 Å². The van der Waals surface area contributed by atoms with Gasteiger partial charge in [-0.05, 0) is 36.8 Å². The molecule has 0 spiro atoms. The standard InChI is InChI=1S/C20H19ClFN3O3/c1-2-3-10-24-19(27)14-6-4-5-7-17(14)25(20(24)28)12-18(26)23-16-9-8-13(22)11-15(16)21/h4-9,11H,2-3,10,12H2,1H3,(H,23,26). The highest BCUT2D eigenvalue weighted by atomic mass is 35.5. The number of nitrogens with zero attached hydrogens (tertiary/aromatic N) is 2. The maximum absolute atomic E-state index is 13.2. The Balaban J connectivity index is 2.01. The van der Waals surface area contributed by atoms with Crippen LogP contribution in [-0.2, 0) is 17.9 Å². The van der Waals surface area contributed by atoms with Gasteiger partial charge in [-0.2, -0.15) is 0 Å². The van der Waals surface area contributed by atoms with Gasteiger partial charge in [0, 0.05) is 6.54 Å². The molecule has 0 aliphatic carbocycles. The van der Waals surface area contributed by atoms with E-state index in [0.29, 0.717) is 17.3 Å². The monoisotopic (exact) mass is 403 g/mol. The third kappa shape index (κ3) is 3.99. The highest BCUT2D eigenvalue weighted by molar-refractivity contribution is 6.33. The molecule has 0 radical (unpaired) electrons. The molecule has 2 aromatic carbocycles. The Morgan fingerprint density at radius 3 is 2.61 bits per heavy atom. The van der Waals surface area contributed by atoms with Crippen LogP contribution in [0.2, 0.25) is 5.02 Å². The number of rotatable bonds is 6. The Labute approximate surface area is 165 Å². The first kappa shape index (κ1) is 19.8. The molecule has 3 rings (SSSR count). The number of para-hydroxylation sites is 1. The quantitative estimate of drug-likeness (QED) is 0.685. The summed E-state index contributed by atoms with van der Waals surface area (Å²) in [4.78, 5) is 38.1. The average Bonchev–Trinajstić information content (AvgIpc) is 2.67. The molecule has 8 heteroatoms. The van der Waals surface area contributed by atoms with Crippen LogP contribution in [0.25, 0.3) is 10.9 Å². The first-order valence-electron chi connectivity index (χ1n) is 8.89. The van der Waals surface area contributed by atoms with Crippen LogP contribution in [0, 0.1) is 5.82 Å². The molecule has 1 N–H and O–H groups in total. The molecule has 1 amide bonds. The van der Waals surface area contributed by atoms with E-state index >= 15 is 0 Å². The number of hydrogen-bond acceptors (Lipinski definition) is 3. The number of carbonyl (C=O) groups is 1. The topological polar surface area (TPSA) is 73.1 Å². The molecule has 0 aliphatic heterocycles. The summed E-state index contributed by atoms with van der Waals surface area (Å²) < 4.78 is 15.6. The molecule has 0 saturated carbocycles. The van der Waals surface area contributed by atoms with Crippen molar-refractivity contribution >= 4 is 34.1 Å². The molecule has 0 unspecified atom stereocenters. The van der Waals surface area contributed by atoms with Crippen molar-refractivity contribution < 1.29 is 9.18 Å². The number of halogens is 2. The molecule has 1 heterocycles.